The highest BCUT2D eigenvalue weighted by Gasteiger charge is 2.51. The maximum atomic E-state index is 14.0. The van der Waals surface area contributed by atoms with Crippen LogP contribution in [0.25, 0.3) is 0 Å². The first-order valence-corrected chi connectivity index (χ1v) is 24.6. The van der Waals surface area contributed by atoms with Crippen molar-refractivity contribution in [3.05, 3.63) is 85.1 Å². The molecule has 0 aromatic rings. The minimum Gasteiger partial charge on any atom is -0.462 e. The number of hydrogen-bond donors (Lipinski definition) is 13. The van der Waals surface area contributed by atoms with Crippen molar-refractivity contribution >= 4 is 11.9 Å². The van der Waals surface area contributed by atoms with Crippen LogP contribution >= 0.6 is 0 Å². The summed E-state index contributed by atoms with van der Waals surface area (Å²) in [6, 6.07) is -1.52. The third-order valence-electron chi connectivity index (χ3n) is 13.1. The molecule has 2 bridgehead atoms. The van der Waals surface area contributed by atoms with Crippen LogP contribution in [0.5, 0.6) is 0 Å². The molecule has 19 nitrogen and oxygen atoms in total. The van der Waals surface area contributed by atoms with Crippen molar-refractivity contribution < 1.29 is 84.7 Å². The van der Waals surface area contributed by atoms with Gasteiger partial charge in [0.25, 0.3) is 0 Å². The molecule has 19 heteroatoms. The average Bonchev–Trinajstić information content (AvgIpc) is 3.27. The summed E-state index contributed by atoms with van der Waals surface area (Å²) in [5.41, 5.74) is 6.03. The lowest BCUT2D eigenvalue weighted by Gasteiger charge is -2.46. The van der Waals surface area contributed by atoms with Gasteiger partial charge >= 0.3 is 5.97 Å². The number of rotatable bonds is 4. The van der Waals surface area contributed by atoms with Crippen molar-refractivity contribution in [3.8, 4) is 0 Å². The highest BCUT2D eigenvalue weighted by molar-refractivity contribution is 5.80. The van der Waals surface area contributed by atoms with Crippen LogP contribution < -0.4 is 11.1 Å². The summed E-state index contributed by atoms with van der Waals surface area (Å²) in [5.74, 6) is -5.18. The zero-order valence-corrected chi connectivity index (χ0v) is 40.3. The van der Waals surface area contributed by atoms with Crippen LogP contribution in [0.4, 0.5) is 0 Å². The minimum absolute atomic E-state index is 0.0965. The lowest BCUT2D eigenvalue weighted by atomic mass is 9.81. The van der Waals surface area contributed by atoms with Gasteiger partial charge in [0.2, 0.25) is 5.91 Å². The quantitative estimate of drug-likeness (QED) is 0.170. The van der Waals surface area contributed by atoms with Crippen LogP contribution in [-0.4, -0.2) is 178 Å². The van der Waals surface area contributed by atoms with E-state index in [0.29, 0.717) is 25.7 Å². The van der Waals surface area contributed by atoms with E-state index in [1.807, 2.05) is 37.3 Å². The second-order valence-electron chi connectivity index (χ2n) is 19.4. The lowest BCUT2D eigenvalue weighted by molar-refractivity contribution is -0.304. The molecule has 70 heavy (non-hydrogen) atoms. The van der Waals surface area contributed by atoms with Crippen molar-refractivity contribution in [2.45, 2.75) is 201 Å². The van der Waals surface area contributed by atoms with Crippen molar-refractivity contribution in [2.75, 3.05) is 6.61 Å². The second-order valence-corrected chi connectivity index (χ2v) is 19.4. The molecule has 6 unspecified atom stereocenters. The number of nitrogens with one attached hydrogen (secondary N) is 1. The number of hydrogen-bond acceptors (Lipinski definition) is 18. The summed E-state index contributed by atoms with van der Waals surface area (Å²) < 4.78 is 23.4. The summed E-state index contributed by atoms with van der Waals surface area (Å²) >= 11 is 0. The predicted octanol–water partition coefficient (Wildman–Crippen LogP) is 0.412. The number of nitrogens with two attached hydrogens (primary N) is 1. The molecule has 3 fully saturated rings. The van der Waals surface area contributed by atoms with Crippen LogP contribution in [0.1, 0.15) is 97.3 Å². The smallest absolute Gasteiger partial charge is 0.308 e. The van der Waals surface area contributed by atoms with Gasteiger partial charge in [0, 0.05) is 44.1 Å². The van der Waals surface area contributed by atoms with Crippen LogP contribution in [0, 0.1) is 11.8 Å². The number of aliphatic hydroxyl groups excluding tert-OH is 10. The summed E-state index contributed by atoms with van der Waals surface area (Å²) in [4.78, 5) is 26.6. The maximum absolute atomic E-state index is 14.0. The molecule has 14 N–H and O–H groups in total. The topological polar surface area (TPSA) is 332 Å². The molecule has 4 rings (SSSR count). The number of aliphatic hydroxyl groups is 11. The van der Waals surface area contributed by atoms with Crippen molar-refractivity contribution in [2.24, 2.45) is 17.6 Å². The molecule has 4 aliphatic rings. The van der Waals surface area contributed by atoms with Crippen LogP contribution in [0.15, 0.2) is 85.1 Å². The van der Waals surface area contributed by atoms with Gasteiger partial charge in [-0.05, 0) is 51.9 Å². The monoisotopic (exact) mass is 993 g/mol. The molecule has 3 heterocycles. The molecule has 19 atom stereocenters. The zero-order valence-electron chi connectivity index (χ0n) is 40.3. The van der Waals surface area contributed by atoms with Gasteiger partial charge in [-0.1, -0.05) is 92.0 Å². The van der Waals surface area contributed by atoms with Crippen LogP contribution in [0.3, 0.4) is 0 Å². The van der Waals surface area contributed by atoms with Crippen LogP contribution in [-0.2, 0) is 28.5 Å². The number of carbonyl (C=O) groups is 2. The zero-order chi connectivity index (χ0) is 51.4. The van der Waals surface area contributed by atoms with E-state index in [1.54, 1.807) is 61.6 Å². The first-order chi connectivity index (χ1) is 33.2. The van der Waals surface area contributed by atoms with E-state index in [4.69, 9.17) is 24.7 Å². The fourth-order valence-electron chi connectivity index (χ4n) is 9.10. The molecule has 396 valence electrons. The summed E-state index contributed by atoms with van der Waals surface area (Å²) in [5, 5.41) is 122. The summed E-state index contributed by atoms with van der Waals surface area (Å²) in [6.45, 7) is 3.20. The number of esters is 1. The molecule has 0 aromatic carbocycles. The average molecular weight is 993 g/mol. The Morgan fingerprint density at radius 2 is 1.27 bits per heavy atom. The van der Waals surface area contributed by atoms with Gasteiger partial charge in [-0.15, -0.1) is 0 Å². The first kappa shape index (κ1) is 59.1. The Hall–Kier alpha value is -3.48. The molecular weight excluding hydrogens is 913 g/mol. The number of fused-ring (bicyclic) bond motifs is 2. The Balaban J connectivity index is 1.58. The van der Waals surface area contributed by atoms with Gasteiger partial charge in [-0.3, -0.25) is 9.59 Å². The van der Waals surface area contributed by atoms with E-state index in [1.165, 1.54) is 0 Å². The molecule has 0 spiro atoms. The van der Waals surface area contributed by atoms with E-state index >= 15 is 0 Å². The normalized spacial score (nSPS) is 44.3. The molecule has 0 radical (unpaired) electrons. The van der Waals surface area contributed by atoms with Gasteiger partial charge in [0.15, 0.2) is 12.1 Å². The highest BCUT2D eigenvalue weighted by Crippen LogP contribution is 2.38. The fraction of sp³-hybridized carbons (Fsp3) is 0.686. The SMILES string of the molecule is C[C@H]1C[C@H](O)[C@@H](C)/C=C/C=C/C=C/C=C/C=C/C=C/C=C/C(O[C@@H]2OC[C@@H](O)[C@H](N)[C@@H]2O)C[C@@H]2OC(O)(CC(O)C[C@@H](O)C(O)CCC(O)CC(O)CC(=O)O1)C[C@H](O)[C@H]2C(=O)N[C@@H]1CCC[C@H](O)C1. The number of allylic oxidation sites excluding steroid dienone is 12. The van der Waals surface area contributed by atoms with Gasteiger partial charge in [-0.2, -0.15) is 0 Å². The van der Waals surface area contributed by atoms with E-state index in [9.17, 15) is 65.8 Å². The van der Waals surface area contributed by atoms with Gasteiger partial charge < -0.3 is 86.2 Å². The Morgan fingerprint density at radius 1 is 0.657 bits per heavy atom. The fourth-order valence-corrected chi connectivity index (χ4v) is 9.10. The largest absolute Gasteiger partial charge is 0.462 e. The van der Waals surface area contributed by atoms with E-state index in [0.717, 1.165) is 0 Å². The Morgan fingerprint density at radius 3 is 1.91 bits per heavy atom. The number of cyclic esters (lactones) is 1. The predicted molar refractivity (Wildman–Crippen MR) is 257 cm³/mol. The van der Waals surface area contributed by atoms with Gasteiger partial charge in [0.05, 0.1) is 92.1 Å². The third kappa shape index (κ3) is 20.6. The van der Waals surface area contributed by atoms with E-state index in [-0.39, 0.29) is 44.6 Å². The number of ether oxygens (including phenoxy) is 4. The Labute approximate surface area is 411 Å². The third-order valence-corrected chi connectivity index (χ3v) is 13.1. The van der Waals surface area contributed by atoms with Gasteiger partial charge in [0.1, 0.15) is 12.2 Å². The molecule has 0 aromatic heterocycles. The molecule has 2 saturated heterocycles. The van der Waals surface area contributed by atoms with Crippen LogP contribution in [0.2, 0.25) is 0 Å². The molecule has 3 aliphatic heterocycles. The lowest BCUT2D eigenvalue weighted by Crippen LogP contribution is -2.60. The molecule has 1 aliphatic carbocycles. The highest BCUT2D eigenvalue weighted by atomic mass is 16.7. The van der Waals surface area contributed by atoms with Gasteiger partial charge in [-0.25, -0.2) is 0 Å². The van der Waals surface area contributed by atoms with Crippen molar-refractivity contribution in [1.82, 2.24) is 5.32 Å². The van der Waals surface area contributed by atoms with Crippen molar-refractivity contribution in [3.63, 3.8) is 0 Å². The second kappa shape index (κ2) is 29.9. The number of carbonyl (C=O) groups excluding carboxylic acids is 2. The minimum atomic E-state index is -2.28. The van der Waals surface area contributed by atoms with Crippen molar-refractivity contribution in [1.29, 1.82) is 0 Å². The Kier molecular flexibility index (Phi) is 25.2. The van der Waals surface area contributed by atoms with E-state index < -0.39 is 147 Å². The Bertz CT molecular complexity index is 1790. The van der Waals surface area contributed by atoms with E-state index in [2.05, 4.69) is 5.32 Å². The number of amides is 1. The first-order valence-electron chi connectivity index (χ1n) is 24.6. The summed E-state index contributed by atoms with van der Waals surface area (Å²) in [7, 11) is 0. The molecular formula is C51H80N2O17. The summed E-state index contributed by atoms with van der Waals surface area (Å²) in [6.07, 6.45) is 7.16. The molecule has 1 saturated carbocycles. The maximum Gasteiger partial charge on any atom is 0.308 e. The molecule has 1 amide bonds. The standard InChI is InChI=1S/C51H80N2O17/c1-31-16-13-11-9-7-5-3-4-6-8-10-12-14-19-38(69-50-48(64)47(52)43(62)30-67-50)27-44-46(49(65)53-33-17-15-18-34(54)23-33)42(61)29-51(66,70-44)28-37(57)25-41(60)39(58)21-20-35(55)24-36(56)26-45(63)68-32(2)22-40(31)59/h3-14,16,19,31-44,46-48,50,54-62,64,66H,15,17-18,20-30,52H2,1-2H3,(H,53,65)/b4-3+,7-5+,8-6+,11-9+,12-10+,16-13+,19-14+/t31-,32-,33+,34-,35?,36?,37?,38?,39?,40-,41+,42-,43+,44-,46+,47-,48-,50-,51?/m0/s1.